The van der Waals surface area contributed by atoms with E-state index in [2.05, 4.69) is 27.6 Å². The molecule has 0 aliphatic heterocycles. The maximum atomic E-state index is 5.35. The Hall–Kier alpha value is -1.97. The number of hydrogen-bond donors (Lipinski definition) is 2. The molecule has 2 N–H and O–H groups in total. The van der Waals surface area contributed by atoms with Gasteiger partial charge in [-0.1, -0.05) is 0 Å². The Morgan fingerprint density at radius 3 is 2.44 bits per heavy atom. The number of aliphatic imine (C=N–C) groups is 1. The Bertz CT molecular complexity index is 774. The standard InChI is InChI=1S/C19H29N5O2.HI/c1-7-20-19(21-11-10-16-13(2)23-24(4)14(16)3)22-15-8-9-17(25-5)18(12-15)26-6;/h8-9,12H,7,10-11H2,1-6H3,(H2,20,21,22);1H. The minimum Gasteiger partial charge on any atom is -0.493 e. The van der Waals surface area contributed by atoms with E-state index in [1.165, 1.54) is 11.3 Å². The molecule has 0 aliphatic rings. The van der Waals surface area contributed by atoms with Crippen LogP contribution < -0.4 is 20.1 Å². The Morgan fingerprint density at radius 1 is 1.19 bits per heavy atom. The number of rotatable bonds is 7. The fraction of sp³-hybridized carbons (Fsp3) is 0.474. The molecule has 0 aliphatic carbocycles. The number of anilines is 1. The van der Waals surface area contributed by atoms with Crippen LogP contribution in [0.4, 0.5) is 5.69 Å². The van der Waals surface area contributed by atoms with Crippen LogP contribution in [0.2, 0.25) is 0 Å². The average molecular weight is 487 g/mol. The number of aryl methyl sites for hydroxylation is 2. The molecule has 0 atom stereocenters. The highest BCUT2D eigenvalue weighted by Gasteiger charge is 2.09. The van der Waals surface area contributed by atoms with Gasteiger partial charge >= 0.3 is 0 Å². The molecule has 27 heavy (non-hydrogen) atoms. The zero-order chi connectivity index (χ0) is 19.1. The minimum absolute atomic E-state index is 0. The summed E-state index contributed by atoms with van der Waals surface area (Å²) >= 11 is 0. The van der Waals surface area contributed by atoms with Crippen molar-refractivity contribution in [3.05, 3.63) is 35.2 Å². The first-order chi connectivity index (χ1) is 12.5. The molecular weight excluding hydrogens is 457 g/mol. The molecule has 0 unspecified atom stereocenters. The minimum atomic E-state index is 0. The van der Waals surface area contributed by atoms with Crippen molar-refractivity contribution in [3.8, 4) is 11.5 Å². The summed E-state index contributed by atoms with van der Waals surface area (Å²) in [5.41, 5.74) is 4.41. The molecule has 0 bridgehead atoms. The maximum Gasteiger partial charge on any atom is 0.195 e. The van der Waals surface area contributed by atoms with Crippen LogP contribution in [0, 0.1) is 13.8 Å². The van der Waals surface area contributed by atoms with Crippen molar-refractivity contribution in [2.45, 2.75) is 27.2 Å². The smallest absolute Gasteiger partial charge is 0.195 e. The van der Waals surface area contributed by atoms with E-state index in [-0.39, 0.29) is 24.0 Å². The lowest BCUT2D eigenvalue weighted by atomic mass is 10.1. The van der Waals surface area contributed by atoms with Gasteiger partial charge in [-0.3, -0.25) is 9.67 Å². The predicted octanol–water partition coefficient (Wildman–Crippen LogP) is 3.29. The van der Waals surface area contributed by atoms with Gasteiger partial charge in [-0.15, -0.1) is 24.0 Å². The molecule has 0 fully saturated rings. The SMILES string of the molecule is CCNC(=NCCc1c(C)nn(C)c1C)Nc1ccc(OC)c(OC)c1.I. The molecule has 0 spiro atoms. The van der Waals surface area contributed by atoms with Crippen molar-refractivity contribution in [1.82, 2.24) is 15.1 Å². The van der Waals surface area contributed by atoms with Gasteiger partial charge in [-0.25, -0.2) is 0 Å². The van der Waals surface area contributed by atoms with Gasteiger partial charge in [0.2, 0.25) is 0 Å². The largest absolute Gasteiger partial charge is 0.493 e. The second-order valence-electron chi connectivity index (χ2n) is 5.98. The highest BCUT2D eigenvalue weighted by atomic mass is 127. The summed E-state index contributed by atoms with van der Waals surface area (Å²) in [5, 5.41) is 11.0. The zero-order valence-electron chi connectivity index (χ0n) is 16.9. The van der Waals surface area contributed by atoms with Gasteiger partial charge in [-0.2, -0.15) is 5.10 Å². The number of methoxy groups -OCH3 is 2. The Morgan fingerprint density at radius 2 is 1.89 bits per heavy atom. The van der Waals surface area contributed by atoms with Crippen molar-refractivity contribution in [2.24, 2.45) is 12.0 Å². The van der Waals surface area contributed by atoms with Crippen molar-refractivity contribution in [3.63, 3.8) is 0 Å². The van der Waals surface area contributed by atoms with Gasteiger partial charge < -0.3 is 20.1 Å². The molecule has 0 amide bonds. The number of nitrogens with zero attached hydrogens (tertiary/aromatic N) is 3. The monoisotopic (exact) mass is 487 g/mol. The highest BCUT2D eigenvalue weighted by Crippen LogP contribution is 2.29. The van der Waals surface area contributed by atoms with Gasteiger partial charge in [-0.05, 0) is 44.9 Å². The molecule has 1 aromatic heterocycles. The molecule has 8 heteroatoms. The van der Waals surface area contributed by atoms with E-state index in [4.69, 9.17) is 9.47 Å². The molecule has 0 saturated heterocycles. The number of halogens is 1. The van der Waals surface area contributed by atoms with Crippen molar-refractivity contribution in [1.29, 1.82) is 0 Å². The van der Waals surface area contributed by atoms with Crippen molar-refractivity contribution < 1.29 is 9.47 Å². The van der Waals surface area contributed by atoms with E-state index in [0.717, 1.165) is 30.3 Å². The summed E-state index contributed by atoms with van der Waals surface area (Å²) in [4.78, 5) is 4.68. The summed E-state index contributed by atoms with van der Waals surface area (Å²) in [7, 11) is 5.22. The molecule has 7 nitrogen and oxygen atoms in total. The predicted molar refractivity (Wildman–Crippen MR) is 121 cm³/mol. The first kappa shape index (κ1) is 23.1. The van der Waals surface area contributed by atoms with Crippen LogP contribution in [0.25, 0.3) is 0 Å². The summed E-state index contributed by atoms with van der Waals surface area (Å²) in [6, 6.07) is 5.69. The van der Waals surface area contributed by atoms with Gasteiger partial charge in [0.05, 0.1) is 19.9 Å². The third-order valence-electron chi connectivity index (χ3n) is 4.28. The summed E-state index contributed by atoms with van der Waals surface area (Å²) in [5.74, 6) is 2.11. The third-order valence-corrected chi connectivity index (χ3v) is 4.28. The number of nitrogens with one attached hydrogen (secondary N) is 2. The van der Waals surface area contributed by atoms with Crippen LogP contribution in [0.15, 0.2) is 23.2 Å². The Labute approximate surface area is 178 Å². The van der Waals surface area contributed by atoms with Crippen LogP contribution in [0.1, 0.15) is 23.9 Å². The fourth-order valence-corrected chi connectivity index (χ4v) is 2.82. The van der Waals surface area contributed by atoms with Crippen LogP contribution in [0.3, 0.4) is 0 Å². The molecule has 1 heterocycles. The lowest BCUT2D eigenvalue weighted by molar-refractivity contribution is 0.355. The van der Waals surface area contributed by atoms with Crippen LogP contribution in [-0.2, 0) is 13.5 Å². The number of hydrogen-bond acceptors (Lipinski definition) is 4. The molecule has 0 saturated carbocycles. The van der Waals surface area contributed by atoms with E-state index in [0.29, 0.717) is 18.0 Å². The normalized spacial score (nSPS) is 11.0. The number of guanidine groups is 1. The van der Waals surface area contributed by atoms with Crippen molar-refractivity contribution in [2.75, 3.05) is 32.6 Å². The van der Waals surface area contributed by atoms with Crippen molar-refractivity contribution >= 4 is 35.6 Å². The molecule has 2 aromatic rings. The molecule has 1 aromatic carbocycles. The zero-order valence-corrected chi connectivity index (χ0v) is 19.3. The quantitative estimate of drug-likeness (QED) is 0.356. The number of aromatic nitrogens is 2. The Balaban J connectivity index is 0.00000364. The van der Waals surface area contributed by atoms with Gasteiger partial charge in [0, 0.05) is 37.6 Å². The maximum absolute atomic E-state index is 5.35. The lowest BCUT2D eigenvalue weighted by Gasteiger charge is -2.14. The first-order valence-electron chi connectivity index (χ1n) is 8.76. The topological polar surface area (TPSA) is 72.7 Å². The van der Waals surface area contributed by atoms with E-state index >= 15 is 0 Å². The molecule has 2 rings (SSSR count). The fourth-order valence-electron chi connectivity index (χ4n) is 2.82. The second kappa shape index (κ2) is 11.0. The van der Waals surface area contributed by atoms with E-state index < -0.39 is 0 Å². The molecular formula is C19H30IN5O2. The number of ether oxygens (including phenoxy) is 2. The van der Waals surface area contributed by atoms with Gasteiger partial charge in [0.15, 0.2) is 17.5 Å². The first-order valence-corrected chi connectivity index (χ1v) is 8.76. The highest BCUT2D eigenvalue weighted by molar-refractivity contribution is 14.0. The van der Waals surface area contributed by atoms with E-state index in [1.54, 1.807) is 14.2 Å². The number of benzene rings is 1. The lowest BCUT2D eigenvalue weighted by Crippen LogP contribution is -2.31. The Kier molecular flexibility index (Phi) is 9.40. The molecule has 150 valence electrons. The van der Waals surface area contributed by atoms with Crippen LogP contribution in [0.5, 0.6) is 11.5 Å². The van der Waals surface area contributed by atoms with Crippen LogP contribution in [-0.4, -0.2) is 43.0 Å². The third kappa shape index (κ3) is 6.02. The van der Waals surface area contributed by atoms with E-state index in [9.17, 15) is 0 Å². The second-order valence-corrected chi connectivity index (χ2v) is 5.98. The van der Waals surface area contributed by atoms with Gasteiger partial charge in [0.1, 0.15) is 0 Å². The summed E-state index contributed by atoms with van der Waals surface area (Å²) in [6.45, 7) is 7.63. The van der Waals surface area contributed by atoms with E-state index in [1.807, 2.05) is 43.8 Å². The summed E-state index contributed by atoms with van der Waals surface area (Å²) < 4.78 is 12.5. The summed E-state index contributed by atoms with van der Waals surface area (Å²) in [6.07, 6.45) is 0.855. The van der Waals surface area contributed by atoms with Crippen LogP contribution >= 0.6 is 24.0 Å². The molecule has 0 radical (unpaired) electrons. The van der Waals surface area contributed by atoms with Gasteiger partial charge in [0.25, 0.3) is 0 Å². The average Bonchev–Trinajstić information content (AvgIpc) is 2.87.